The van der Waals surface area contributed by atoms with E-state index >= 15 is 0 Å². The van der Waals surface area contributed by atoms with Crippen LogP contribution < -0.4 is 0 Å². The largest absolute Gasteiger partial charge is 0.516 e. The minimum Gasteiger partial charge on any atom is -0.516 e. The summed E-state index contributed by atoms with van der Waals surface area (Å²) in [6.45, 7) is 6.45. The van der Waals surface area contributed by atoms with Gasteiger partial charge in [0.25, 0.3) is 0 Å². The van der Waals surface area contributed by atoms with Gasteiger partial charge in [0, 0.05) is 0 Å². The fraction of sp³-hybridized carbons (Fsp3) is 0.600. The summed E-state index contributed by atoms with van der Waals surface area (Å²) in [5.41, 5.74) is 4.07. The van der Waals surface area contributed by atoms with Crippen LogP contribution in [0, 0.1) is 5.92 Å². The zero-order chi connectivity index (χ0) is 12.0. The number of aliphatic hydroxyl groups excluding tert-OH is 1. The van der Waals surface area contributed by atoms with Crippen LogP contribution in [0.1, 0.15) is 52.9 Å². The summed E-state index contributed by atoms with van der Waals surface area (Å²) in [6, 6.07) is 0. The van der Waals surface area contributed by atoms with Crippen molar-refractivity contribution >= 4 is 0 Å². The molecule has 0 aromatic rings. The molecule has 1 atom stereocenters. The van der Waals surface area contributed by atoms with Gasteiger partial charge in [-0.2, -0.15) is 0 Å². The van der Waals surface area contributed by atoms with Gasteiger partial charge < -0.3 is 5.11 Å². The number of rotatable bonds is 1. The Bertz CT molecular complexity index is 307. The molecule has 1 rings (SSSR count). The molecule has 0 aromatic carbocycles. The molecule has 0 aromatic heterocycles. The second kappa shape index (κ2) is 6.57. The highest BCUT2D eigenvalue weighted by molar-refractivity contribution is 5.10. The van der Waals surface area contributed by atoms with E-state index < -0.39 is 0 Å². The first-order chi connectivity index (χ1) is 7.63. The van der Waals surface area contributed by atoms with Crippen LogP contribution >= 0.6 is 0 Å². The van der Waals surface area contributed by atoms with E-state index in [0.29, 0.717) is 5.92 Å². The summed E-state index contributed by atoms with van der Waals surface area (Å²) in [5.74, 6) is 0.501. The minimum atomic E-state index is 0.501. The average molecular weight is 220 g/mol. The van der Waals surface area contributed by atoms with Gasteiger partial charge >= 0.3 is 0 Å². The van der Waals surface area contributed by atoms with Gasteiger partial charge in [0.2, 0.25) is 0 Å². The molecule has 0 saturated heterocycles. The summed E-state index contributed by atoms with van der Waals surface area (Å²) in [7, 11) is 0. The molecule has 1 nitrogen and oxygen atoms in total. The van der Waals surface area contributed by atoms with Crippen molar-refractivity contribution in [3.63, 3.8) is 0 Å². The SMILES string of the molecule is CC(=CO)[C@H]1C/C=C(/C)CC/C=C(/C)CC1. The Balaban J connectivity index is 2.75. The maximum atomic E-state index is 9.11. The second-order valence-corrected chi connectivity index (χ2v) is 4.98. The molecule has 1 N–H and O–H groups in total. The van der Waals surface area contributed by atoms with Crippen LogP contribution in [-0.2, 0) is 0 Å². The fourth-order valence-corrected chi connectivity index (χ4v) is 2.13. The Morgan fingerprint density at radius 3 is 2.62 bits per heavy atom. The van der Waals surface area contributed by atoms with Gasteiger partial charge in [0.05, 0.1) is 6.26 Å². The average Bonchev–Trinajstić information content (AvgIpc) is 2.28. The third-order valence-corrected chi connectivity index (χ3v) is 3.52. The topological polar surface area (TPSA) is 20.2 Å². The van der Waals surface area contributed by atoms with Gasteiger partial charge in [-0.05, 0) is 64.4 Å². The molecule has 1 heteroatoms. The molecular weight excluding hydrogens is 196 g/mol. The van der Waals surface area contributed by atoms with E-state index in [9.17, 15) is 0 Å². The van der Waals surface area contributed by atoms with Crippen LogP contribution in [0.4, 0.5) is 0 Å². The summed E-state index contributed by atoms with van der Waals surface area (Å²) in [4.78, 5) is 0. The Morgan fingerprint density at radius 2 is 1.94 bits per heavy atom. The van der Waals surface area contributed by atoms with E-state index in [0.717, 1.165) is 24.8 Å². The third-order valence-electron chi connectivity index (χ3n) is 3.52. The molecule has 1 aliphatic carbocycles. The zero-order valence-corrected chi connectivity index (χ0v) is 10.8. The molecule has 0 heterocycles. The van der Waals surface area contributed by atoms with Crippen LogP contribution in [0.3, 0.4) is 0 Å². The lowest BCUT2D eigenvalue weighted by Crippen LogP contribution is -2.03. The van der Waals surface area contributed by atoms with E-state index in [1.165, 1.54) is 30.2 Å². The molecular formula is C15H24O. The summed E-state index contributed by atoms with van der Waals surface area (Å²) in [6.07, 6.45) is 11.7. The quantitative estimate of drug-likeness (QED) is 0.491. The number of aliphatic hydroxyl groups is 1. The van der Waals surface area contributed by atoms with Crippen molar-refractivity contribution in [2.24, 2.45) is 5.92 Å². The maximum Gasteiger partial charge on any atom is 0.0783 e. The second-order valence-electron chi connectivity index (χ2n) is 4.98. The molecule has 0 aliphatic heterocycles. The summed E-state index contributed by atoms with van der Waals surface area (Å²) in [5, 5.41) is 9.11. The van der Waals surface area contributed by atoms with Gasteiger partial charge in [0.15, 0.2) is 0 Å². The first-order valence-electron chi connectivity index (χ1n) is 6.25. The zero-order valence-electron chi connectivity index (χ0n) is 10.8. The molecule has 0 saturated carbocycles. The standard InChI is InChI=1S/C15H24O/c1-12-5-4-6-13(2)8-10-15(9-7-12)14(3)11-16/h5,8,11,15-16H,4,6-7,9-10H2,1-3H3/b12-5-,13-8-,14-11?/t15-/m1/s1. The number of hydrogen-bond donors (Lipinski definition) is 1. The van der Waals surface area contributed by atoms with Gasteiger partial charge in [-0.3, -0.25) is 0 Å². The highest BCUT2D eigenvalue weighted by Crippen LogP contribution is 2.25. The fourth-order valence-electron chi connectivity index (χ4n) is 2.13. The van der Waals surface area contributed by atoms with E-state index in [2.05, 4.69) is 26.0 Å². The molecule has 0 fully saturated rings. The van der Waals surface area contributed by atoms with Crippen LogP contribution in [0.5, 0.6) is 0 Å². The lowest BCUT2D eigenvalue weighted by Gasteiger charge is -2.17. The molecule has 0 radical (unpaired) electrons. The van der Waals surface area contributed by atoms with Gasteiger partial charge in [-0.15, -0.1) is 0 Å². The van der Waals surface area contributed by atoms with Crippen molar-refractivity contribution in [1.29, 1.82) is 0 Å². The Kier molecular flexibility index (Phi) is 5.37. The molecule has 1 aliphatic rings. The van der Waals surface area contributed by atoms with E-state index in [1.54, 1.807) is 0 Å². The van der Waals surface area contributed by atoms with Crippen LogP contribution in [0.25, 0.3) is 0 Å². The molecule has 90 valence electrons. The highest BCUT2D eigenvalue weighted by Gasteiger charge is 2.11. The van der Waals surface area contributed by atoms with Crippen LogP contribution in [0.2, 0.25) is 0 Å². The van der Waals surface area contributed by atoms with E-state index in [4.69, 9.17) is 5.11 Å². The first kappa shape index (κ1) is 13.1. The monoisotopic (exact) mass is 220 g/mol. The van der Waals surface area contributed by atoms with Crippen molar-refractivity contribution in [3.8, 4) is 0 Å². The highest BCUT2D eigenvalue weighted by atomic mass is 16.2. The predicted molar refractivity (Wildman–Crippen MR) is 70.5 cm³/mol. The lowest BCUT2D eigenvalue weighted by atomic mass is 9.89. The lowest BCUT2D eigenvalue weighted by molar-refractivity contribution is 0.445. The van der Waals surface area contributed by atoms with Crippen LogP contribution in [0.15, 0.2) is 35.1 Å². The predicted octanol–water partition coefficient (Wildman–Crippen LogP) is 4.92. The van der Waals surface area contributed by atoms with Gasteiger partial charge in [-0.1, -0.05) is 23.3 Å². The smallest absolute Gasteiger partial charge is 0.0783 e. The number of hydrogen-bond acceptors (Lipinski definition) is 1. The molecule has 0 bridgehead atoms. The van der Waals surface area contributed by atoms with Gasteiger partial charge in [-0.25, -0.2) is 0 Å². The van der Waals surface area contributed by atoms with Crippen molar-refractivity contribution < 1.29 is 5.11 Å². The minimum absolute atomic E-state index is 0.501. The Hall–Kier alpha value is -0.980. The van der Waals surface area contributed by atoms with E-state index in [1.807, 2.05) is 6.92 Å². The Labute approximate surface area is 99.6 Å². The van der Waals surface area contributed by atoms with Gasteiger partial charge in [0.1, 0.15) is 0 Å². The maximum absolute atomic E-state index is 9.11. The van der Waals surface area contributed by atoms with Crippen molar-refractivity contribution in [3.05, 3.63) is 35.1 Å². The molecule has 0 spiro atoms. The van der Waals surface area contributed by atoms with Crippen molar-refractivity contribution in [2.75, 3.05) is 0 Å². The van der Waals surface area contributed by atoms with Crippen molar-refractivity contribution in [1.82, 2.24) is 0 Å². The van der Waals surface area contributed by atoms with Crippen LogP contribution in [-0.4, -0.2) is 5.11 Å². The number of allylic oxidation sites excluding steroid dienone is 5. The molecule has 0 unspecified atom stereocenters. The normalized spacial score (nSPS) is 31.2. The van der Waals surface area contributed by atoms with E-state index in [-0.39, 0.29) is 0 Å². The third kappa shape index (κ3) is 4.26. The summed E-state index contributed by atoms with van der Waals surface area (Å²) >= 11 is 0. The molecule has 16 heavy (non-hydrogen) atoms. The summed E-state index contributed by atoms with van der Waals surface area (Å²) < 4.78 is 0. The first-order valence-corrected chi connectivity index (χ1v) is 6.25. The Morgan fingerprint density at radius 1 is 1.25 bits per heavy atom. The molecule has 0 amide bonds. The van der Waals surface area contributed by atoms with Crippen molar-refractivity contribution in [2.45, 2.75) is 52.9 Å².